The van der Waals surface area contributed by atoms with Gasteiger partial charge in [0, 0.05) is 23.8 Å². The van der Waals surface area contributed by atoms with Crippen LogP contribution in [0.4, 0.5) is 0 Å². The fourth-order valence-electron chi connectivity index (χ4n) is 5.61. The Morgan fingerprint density at radius 1 is 1.26 bits per heavy atom. The Kier molecular flexibility index (Phi) is 3.03. The lowest BCUT2D eigenvalue weighted by molar-refractivity contribution is -0.128. The molecule has 23 heavy (non-hydrogen) atoms. The summed E-state index contributed by atoms with van der Waals surface area (Å²) in [5.74, 6) is 3.37. The topological polar surface area (TPSA) is 54.4 Å². The van der Waals surface area contributed by atoms with Crippen LogP contribution in [0.3, 0.4) is 0 Å². The van der Waals surface area contributed by atoms with Crippen molar-refractivity contribution in [3.63, 3.8) is 0 Å². The van der Waals surface area contributed by atoms with Crippen molar-refractivity contribution in [2.24, 2.45) is 17.3 Å². The molecule has 4 aliphatic rings. The second-order valence-corrected chi connectivity index (χ2v) is 7.84. The maximum Gasteiger partial charge on any atom is 0.160 e. The van der Waals surface area contributed by atoms with Crippen LogP contribution in [0.2, 0.25) is 0 Å². The molecule has 4 rings (SSSR count). The third-order valence-electron chi connectivity index (χ3n) is 6.90. The first-order chi connectivity index (χ1) is 10.9. The van der Waals surface area contributed by atoms with Gasteiger partial charge in [-0.2, -0.15) is 0 Å². The molecule has 3 heteroatoms. The lowest BCUT2D eigenvalue weighted by Gasteiger charge is -2.49. The van der Waals surface area contributed by atoms with Crippen LogP contribution in [0.25, 0.3) is 0 Å². The Morgan fingerprint density at radius 3 is 2.78 bits per heavy atom. The Morgan fingerprint density at radius 2 is 2.04 bits per heavy atom. The quantitative estimate of drug-likeness (QED) is 0.700. The Hall–Kier alpha value is -1.66. The van der Waals surface area contributed by atoms with Gasteiger partial charge in [0.1, 0.15) is 5.60 Å². The largest absolute Gasteiger partial charge is 0.377 e. The van der Waals surface area contributed by atoms with Crippen LogP contribution >= 0.6 is 0 Å². The highest BCUT2D eigenvalue weighted by Gasteiger charge is 2.62. The van der Waals surface area contributed by atoms with Gasteiger partial charge in [0.15, 0.2) is 11.6 Å². The number of rotatable bonds is 0. The van der Waals surface area contributed by atoms with Crippen LogP contribution in [-0.4, -0.2) is 22.3 Å². The SMILES string of the molecule is C#CC1(O)CCC2C3CCC4=CC(=O)CCC4=C3C(=O)CC21C. The van der Waals surface area contributed by atoms with Crippen LogP contribution in [0, 0.1) is 29.6 Å². The van der Waals surface area contributed by atoms with E-state index in [1.165, 1.54) is 0 Å². The Balaban J connectivity index is 1.82. The van der Waals surface area contributed by atoms with Gasteiger partial charge in [-0.25, -0.2) is 0 Å². The summed E-state index contributed by atoms with van der Waals surface area (Å²) < 4.78 is 0. The van der Waals surface area contributed by atoms with Crippen LogP contribution in [0.1, 0.15) is 51.9 Å². The average Bonchev–Trinajstić information content (AvgIpc) is 2.78. The van der Waals surface area contributed by atoms with E-state index in [2.05, 4.69) is 5.92 Å². The van der Waals surface area contributed by atoms with Crippen molar-refractivity contribution < 1.29 is 14.7 Å². The number of allylic oxidation sites excluding steroid dienone is 4. The van der Waals surface area contributed by atoms with E-state index in [-0.39, 0.29) is 23.4 Å². The number of carbonyl (C=O) groups excluding carboxylic acids is 2. The molecule has 4 unspecified atom stereocenters. The van der Waals surface area contributed by atoms with Gasteiger partial charge < -0.3 is 5.11 Å². The first-order valence-corrected chi connectivity index (χ1v) is 8.60. The van der Waals surface area contributed by atoms with E-state index in [1.54, 1.807) is 6.08 Å². The molecule has 0 saturated heterocycles. The number of carbonyl (C=O) groups is 2. The van der Waals surface area contributed by atoms with Gasteiger partial charge in [-0.3, -0.25) is 9.59 Å². The molecule has 0 radical (unpaired) electrons. The second-order valence-electron chi connectivity index (χ2n) is 7.84. The van der Waals surface area contributed by atoms with Crippen molar-refractivity contribution in [1.82, 2.24) is 0 Å². The fraction of sp³-hybridized carbons (Fsp3) is 0.600. The summed E-state index contributed by atoms with van der Waals surface area (Å²) in [5, 5.41) is 10.9. The van der Waals surface area contributed by atoms with Crippen molar-refractivity contribution in [3.8, 4) is 12.3 Å². The monoisotopic (exact) mass is 310 g/mol. The maximum atomic E-state index is 13.0. The zero-order valence-corrected chi connectivity index (χ0v) is 13.5. The van der Waals surface area contributed by atoms with Gasteiger partial charge in [-0.1, -0.05) is 12.8 Å². The maximum absolute atomic E-state index is 13.0. The number of hydrogen-bond acceptors (Lipinski definition) is 3. The summed E-state index contributed by atoms with van der Waals surface area (Å²) in [4.78, 5) is 24.6. The number of ketones is 2. The fourth-order valence-corrected chi connectivity index (χ4v) is 5.61. The molecule has 0 aromatic carbocycles. The number of Topliss-reactive ketones (excluding diaryl/α,β-unsaturated/α-hetero) is 1. The summed E-state index contributed by atoms with van der Waals surface area (Å²) in [6, 6.07) is 0. The minimum atomic E-state index is -1.16. The summed E-state index contributed by atoms with van der Waals surface area (Å²) in [5.41, 5.74) is 1.49. The van der Waals surface area contributed by atoms with Gasteiger partial charge in [-0.15, -0.1) is 6.42 Å². The zero-order valence-electron chi connectivity index (χ0n) is 13.5. The van der Waals surface area contributed by atoms with Gasteiger partial charge in [0.2, 0.25) is 0 Å². The normalized spacial score (nSPS) is 42.6. The lowest BCUT2D eigenvalue weighted by atomic mass is 9.54. The first-order valence-electron chi connectivity index (χ1n) is 8.60. The van der Waals surface area contributed by atoms with Gasteiger partial charge in [0.25, 0.3) is 0 Å². The molecule has 2 fully saturated rings. The van der Waals surface area contributed by atoms with Crippen molar-refractivity contribution in [2.45, 2.75) is 57.5 Å². The van der Waals surface area contributed by atoms with Crippen LogP contribution < -0.4 is 0 Å². The molecule has 4 atom stereocenters. The minimum Gasteiger partial charge on any atom is -0.377 e. The van der Waals surface area contributed by atoms with Crippen molar-refractivity contribution >= 4 is 11.6 Å². The van der Waals surface area contributed by atoms with E-state index in [9.17, 15) is 14.7 Å². The van der Waals surface area contributed by atoms with E-state index in [0.717, 1.165) is 36.0 Å². The molecular weight excluding hydrogens is 288 g/mol. The van der Waals surface area contributed by atoms with E-state index in [4.69, 9.17) is 6.42 Å². The summed E-state index contributed by atoms with van der Waals surface area (Å²) in [6.45, 7) is 2.00. The molecule has 3 nitrogen and oxygen atoms in total. The molecule has 4 aliphatic carbocycles. The molecule has 0 aliphatic heterocycles. The smallest absolute Gasteiger partial charge is 0.160 e. The highest BCUT2D eigenvalue weighted by Crippen LogP contribution is 2.62. The molecule has 2 saturated carbocycles. The first kappa shape index (κ1) is 14.9. The number of fused-ring (bicyclic) bond motifs is 4. The predicted molar refractivity (Wildman–Crippen MR) is 86.3 cm³/mol. The summed E-state index contributed by atoms with van der Waals surface area (Å²) in [6.07, 6.45) is 12.1. The molecule has 0 amide bonds. The highest BCUT2D eigenvalue weighted by atomic mass is 16.3. The molecular formula is C20H22O3. The average molecular weight is 310 g/mol. The lowest BCUT2D eigenvalue weighted by Crippen LogP contribution is -2.51. The minimum absolute atomic E-state index is 0.138. The van der Waals surface area contributed by atoms with E-state index < -0.39 is 11.0 Å². The van der Waals surface area contributed by atoms with Gasteiger partial charge in [-0.05, 0) is 61.2 Å². The second kappa shape index (κ2) is 4.68. The number of aliphatic hydroxyl groups is 1. The molecule has 0 heterocycles. The molecule has 0 aromatic heterocycles. The standard InChI is InChI=1S/C20H22O3/c1-3-20(23)9-8-16-15-6-4-12-10-13(21)5-7-14(12)18(15)17(22)11-19(16,20)2/h1,10,15-16,23H,4-9,11H2,2H3. The molecule has 0 bridgehead atoms. The van der Waals surface area contributed by atoms with Crippen molar-refractivity contribution in [1.29, 1.82) is 0 Å². The Labute approximate surface area is 136 Å². The van der Waals surface area contributed by atoms with Gasteiger partial charge in [0.05, 0.1) is 0 Å². The van der Waals surface area contributed by atoms with E-state index in [1.807, 2.05) is 6.92 Å². The molecule has 1 N–H and O–H groups in total. The third-order valence-corrected chi connectivity index (χ3v) is 6.90. The number of terminal acetylenes is 1. The predicted octanol–water partition coefficient (Wildman–Crippen LogP) is 2.74. The van der Waals surface area contributed by atoms with E-state index in [0.29, 0.717) is 25.7 Å². The number of hydrogen-bond donors (Lipinski definition) is 1. The van der Waals surface area contributed by atoms with Gasteiger partial charge >= 0.3 is 0 Å². The molecule has 120 valence electrons. The highest BCUT2D eigenvalue weighted by molar-refractivity contribution is 6.01. The molecule has 0 aromatic rings. The Bertz CT molecular complexity index is 720. The van der Waals surface area contributed by atoms with Crippen molar-refractivity contribution in [3.05, 3.63) is 22.8 Å². The summed E-state index contributed by atoms with van der Waals surface area (Å²) in [7, 11) is 0. The van der Waals surface area contributed by atoms with Crippen LogP contribution in [-0.2, 0) is 9.59 Å². The van der Waals surface area contributed by atoms with Crippen LogP contribution in [0.5, 0.6) is 0 Å². The van der Waals surface area contributed by atoms with Crippen LogP contribution in [0.15, 0.2) is 22.8 Å². The summed E-state index contributed by atoms with van der Waals surface area (Å²) >= 11 is 0. The zero-order chi connectivity index (χ0) is 16.4. The van der Waals surface area contributed by atoms with Crippen molar-refractivity contribution in [2.75, 3.05) is 0 Å². The molecule has 0 spiro atoms. The third kappa shape index (κ3) is 1.82. The van der Waals surface area contributed by atoms with E-state index >= 15 is 0 Å².